The highest BCUT2D eigenvalue weighted by Gasteiger charge is 2.29. The summed E-state index contributed by atoms with van der Waals surface area (Å²) in [6.45, 7) is 3.43. The van der Waals surface area contributed by atoms with Gasteiger partial charge in [-0.05, 0) is 37.9 Å². The molecule has 0 aliphatic carbocycles. The molecule has 0 amide bonds. The fourth-order valence-corrected chi connectivity index (χ4v) is 2.90. The van der Waals surface area contributed by atoms with Gasteiger partial charge in [0.25, 0.3) is 0 Å². The molecule has 3 rings (SSSR count). The van der Waals surface area contributed by atoms with Gasteiger partial charge in [0.15, 0.2) is 5.82 Å². The molecule has 1 fully saturated rings. The van der Waals surface area contributed by atoms with Gasteiger partial charge in [0, 0.05) is 6.54 Å². The van der Waals surface area contributed by atoms with E-state index in [0.29, 0.717) is 12.1 Å². The summed E-state index contributed by atoms with van der Waals surface area (Å²) in [7, 11) is 0. The molecule has 0 saturated carbocycles. The molecule has 1 atom stereocenters. The van der Waals surface area contributed by atoms with Crippen LogP contribution >= 0.6 is 0 Å². The van der Waals surface area contributed by atoms with Gasteiger partial charge in [-0.1, -0.05) is 18.2 Å². The molecule has 21 heavy (non-hydrogen) atoms. The van der Waals surface area contributed by atoms with Gasteiger partial charge in [-0.3, -0.25) is 10.00 Å². The minimum atomic E-state index is -0.880. The van der Waals surface area contributed by atoms with Crippen LogP contribution in [0.5, 0.6) is 0 Å². The number of likely N-dealkylation sites (tertiary alicyclic amines) is 1. The van der Waals surface area contributed by atoms with Crippen molar-refractivity contribution in [1.29, 1.82) is 0 Å². The van der Waals surface area contributed by atoms with Crippen molar-refractivity contribution >= 4 is 5.97 Å². The number of aryl methyl sites for hydroxylation is 1. The summed E-state index contributed by atoms with van der Waals surface area (Å²) in [5.74, 6) is 0.732. The summed E-state index contributed by atoms with van der Waals surface area (Å²) in [5.41, 5.74) is 1.21. The number of nitrogens with one attached hydrogen (secondary N) is 1. The highest BCUT2D eigenvalue weighted by molar-refractivity contribution is 5.89. The van der Waals surface area contributed by atoms with Crippen LogP contribution in [0, 0.1) is 6.92 Å². The number of H-pyrrole nitrogens is 1. The summed E-state index contributed by atoms with van der Waals surface area (Å²) in [5, 5.41) is 16.4. The van der Waals surface area contributed by atoms with Gasteiger partial charge >= 0.3 is 5.97 Å². The molecule has 1 aromatic carbocycles. The fraction of sp³-hybridized carbons (Fsp3) is 0.400. The first-order chi connectivity index (χ1) is 10.1. The zero-order valence-electron chi connectivity index (χ0n) is 11.9. The number of rotatable bonds is 4. The minimum Gasteiger partial charge on any atom is -0.478 e. The van der Waals surface area contributed by atoms with Gasteiger partial charge in [0.2, 0.25) is 0 Å². The van der Waals surface area contributed by atoms with Crippen molar-refractivity contribution in [1.82, 2.24) is 20.1 Å². The lowest BCUT2D eigenvalue weighted by atomic mass is 10.1. The van der Waals surface area contributed by atoms with Gasteiger partial charge in [0.1, 0.15) is 5.82 Å². The van der Waals surface area contributed by atoms with E-state index in [1.165, 1.54) is 0 Å². The van der Waals surface area contributed by atoms with Crippen LogP contribution in [0.1, 0.15) is 46.5 Å². The van der Waals surface area contributed by atoms with E-state index in [1.807, 2.05) is 19.1 Å². The molecule has 0 spiro atoms. The second-order valence-electron chi connectivity index (χ2n) is 5.37. The van der Waals surface area contributed by atoms with Crippen molar-refractivity contribution in [3.05, 3.63) is 47.0 Å². The first-order valence-corrected chi connectivity index (χ1v) is 7.09. The quantitative estimate of drug-likeness (QED) is 0.900. The summed E-state index contributed by atoms with van der Waals surface area (Å²) in [4.78, 5) is 18.0. The first kappa shape index (κ1) is 13.8. The van der Waals surface area contributed by atoms with E-state index < -0.39 is 5.97 Å². The molecule has 0 bridgehead atoms. The van der Waals surface area contributed by atoms with Crippen LogP contribution in [0.3, 0.4) is 0 Å². The van der Waals surface area contributed by atoms with Crippen molar-refractivity contribution < 1.29 is 9.90 Å². The number of carbonyl (C=O) groups is 1. The lowest BCUT2D eigenvalue weighted by Crippen LogP contribution is -2.24. The van der Waals surface area contributed by atoms with Crippen molar-refractivity contribution in [2.75, 3.05) is 6.54 Å². The van der Waals surface area contributed by atoms with Gasteiger partial charge in [-0.15, -0.1) is 0 Å². The Morgan fingerprint density at radius 1 is 1.48 bits per heavy atom. The average molecular weight is 286 g/mol. The number of aromatic nitrogens is 3. The van der Waals surface area contributed by atoms with Gasteiger partial charge < -0.3 is 5.11 Å². The lowest BCUT2D eigenvalue weighted by Gasteiger charge is -2.22. The van der Waals surface area contributed by atoms with E-state index in [2.05, 4.69) is 20.1 Å². The Balaban J connectivity index is 1.82. The Morgan fingerprint density at radius 2 is 2.29 bits per heavy atom. The Hall–Kier alpha value is -2.21. The molecule has 2 heterocycles. The summed E-state index contributed by atoms with van der Waals surface area (Å²) in [6, 6.07) is 7.33. The fourth-order valence-electron chi connectivity index (χ4n) is 2.90. The highest BCUT2D eigenvalue weighted by atomic mass is 16.4. The van der Waals surface area contributed by atoms with E-state index in [1.54, 1.807) is 12.1 Å². The highest BCUT2D eigenvalue weighted by Crippen LogP contribution is 2.31. The zero-order chi connectivity index (χ0) is 14.8. The number of aromatic amines is 1. The minimum absolute atomic E-state index is 0.164. The van der Waals surface area contributed by atoms with E-state index in [4.69, 9.17) is 0 Å². The molecule has 2 aromatic rings. The smallest absolute Gasteiger partial charge is 0.336 e. The number of carboxylic acid groups (broad SMARTS) is 1. The number of benzene rings is 1. The van der Waals surface area contributed by atoms with Crippen LogP contribution in [-0.4, -0.2) is 37.7 Å². The maximum atomic E-state index is 11.3. The normalized spacial score (nSPS) is 19.0. The molecule has 1 saturated heterocycles. The second kappa shape index (κ2) is 5.65. The number of nitrogens with zero attached hydrogens (tertiary/aromatic N) is 3. The van der Waals surface area contributed by atoms with Crippen LogP contribution in [-0.2, 0) is 6.54 Å². The van der Waals surface area contributed by atoms with Gasteiger partial charge in [0.05, 0.1) is 11.6 Å². The zero-order valence-corrected chi connectivity index (χ0v) is 11.9. The molecule has 6 heteroatoms. The monoisotopic (exact) mass is 286 g/mol. The molecule has 2 N–H and O–H groups in total. The molecular formula is C15H18N4O2. The van der Waals surface area contributed by atoms with Crippen LogP contribution < -0.4 is 0 Å². The Bertz CT molecular complexity index is 653. The van der Waals surface area contributed by atoms with Crippen molar-refractivity contribution in [3.63, 3.8) is 0 Å². The number of carboxylic acids is 1. The Kier molecular flexibility index (Phi) is 3.70. The standard InChI is InChI=1S/C15H18N4O2/c1-10-16-14(18-17-10)13-7-4-8-19(13)9-11-5-2-3-6-12(11)15(20)21/h2-3,5-6,13H,4,7-9H2,1H3,(H,20,21)(H,16,17,18). The predicted octanol–water partition coefficient (Wildman–Crippen LogP) is 2.15. The molecule has 6 nitrogen and oxygen atoms in total. The molecule has 110 valence electrons. The topological polar surface area (TPSA) is 82.1 Å². The molecule has 1 aliphatic rings. The van der Waals surface area contributed by atoms with E-state index in [-0.39, 0.29) is 6.04 Å². The average Bonchev–Trinajstić information content (AvgIpc) is 3.08. The molecule has 0 radical (unpaired) electrons. The third kappa shape index (κ3) is 2.80. The third-order valence-corrected chi connectivity index (χ3v) is 3.90. The second-order valence-corrected chi connectivity index (χ2v) is 5.37. The van der Waals surface area contributed by atoms with Crippen molar-refractivity contribution in [2.24, 2.45) is 0 Å². The maximum Gasteiger partial charge on any atom is 0.336 e. The molecule has 1 aromatic heterocycles. The number of hydrogen-bond acceptors (Lipinski definition) is 4. The van der Waals surface area contributed by atoms with E-state index in [0.717, 1.165) is 36.6 Å². The number of aromatic carboxylic acids is 1. The Labute approximate surface area is 122 Å². The van der Waals surface area contributed by atoms with Gasteiger partial charge in [-0.2, -0.15) is 5.10 Å². The SMILES string of the molecule is Cc1nc(C2CCCN2Cc2ccccc2C(=O)O)n[nH]1. The molecule has 1 aliphatic heterocycles. The predicted molar refractivity (Wildman–Crippen MR) is 76.9 cm³/mol. The Morgan fingerprint density at radius 3 is 3.00 bits per heavy atom. The number of hydrogen-bond donors (Lipinski definition) is 2. The summed E-state index contributed by atoms with van der Waals surface area (Å²) < 4.78 is 0. The first-order valence-electron chi connectivity index (χ1n) is 7.09. The summed E-state index contributed by atoms with van der Waals surface area (Å²) >= 11 is 0. The maximum absolute atomic E-state index is 11.3. The van der Waals surface area contributed by atoms with Crippen molar-refractivity contribution in [2.45, 2.75) is 32.4 Å². The van der Waals surface area contributed by atoms with E-state index >= 15 is 0 Å². The van der Waals surface area contributed by atoms with E-state index in [9.17, 15) is 9.90 Å². The third-order valence-electron chi connectivity index (χ3n) is 3.90. The summed E-state index contributed by atoms with van der Waals surface area (Å²) in [6.07, 6.45) is 2.08. The van der Waals surface area contributed by atoms with Crippen LogP contribution in [0.2, 0.25) is 0 Å². The lowest BCUT2D eigenvalue weighted by molar-refractivity contribution is 0.0694. The van der Waals surface area contributed by atoms with Crippen LogP contribution in [0.4, 0.5) is 0 Å². The van der Waals surface area contributed by atoms with Crippen molar-refractivity contribution in [3.8, 4) is 0 Å². The van der Waals surface area contributed by atoms with Crippen LogP contribution in [0.25, 0.3) is 0 Å². The molecule has 1 unspecified atom stereocenters. The van der Waals surface area contributed by atoms with Gasteiger partial charge in [-0.25, -0.2) is 9.78 Å². The largest absolute Gasteiger partial charge is 0.478 e. The van der Waals surface area contributed by atoms with Crippen LogP contribution in [0.15, 0.2) is 24.3 Å². The molecular weight excluding hydrogens is 268 g/mol.